The van der Waals surface area contributed by atoms with Crippen molar-refractivity contribution in [1.29, 1.82) is 0 Å². The average Bonchev–Trinajstić information content (AvgIpc) is 2.61. The van der Waals surface area contributed by atoms with Crippen molar-refractivity contribution in [2.75, 3.05) is 13.1 Å². The van der Waals surface area contributed by atoms with Gasteiger partial charge in [-0.05, 0) is 24.6 Å². The van der Waals surface area contributed by atoms with E-state index in [2.05, 4.69) is 14.9 Å². The van der Waals surface area contributed by atoms with Gasteiger partial charge in [-0.2, -0.15) is 0 Å². The summed E-state index contributed by atoms with van der Waals surface area (Å²) in [6, 6.07) is 5.70. The summed E-state index contributed by atoms with van der Waals surface area (Å²) in [6.45, 7) is 2.51. The molecule has 19 heavy (non-hydrogen) atoms. The van der Waals surface area contributed by atoms with Crippen LogP contribution < -0.4 is 5.73 Å². The number of hydrogen-bond donors (Lipinski definition) is 1. The predicted octanol–water partition coefficient (Wildman–Crippen LogP) is 1.75. The van der Waals surface area contributed by atoms with Gasteiger partial charge in [-0.25, -0.2) is 9.98 Å². The van der Waals surface area contributed by atoms with Crippen LogP contribution >= 0.6 is 11.6 Å². The number of aryl methyl sites for hydroxylation is 1. The van der Waals surface area contributed by atoms with Crippen LogP contribution in [-0.4, -0.2) is 33.5 Å². The number of hydrogen-bond acceptors (Lipinski definition) is 2. The molecule has 1 aromatic heterocycles. The molecule has 0 radical (unpaired) electrons. The second-order valence-electron chi connectivity index (χ2n) is 4.74. The van der Waals surface area contributed by atoms with E-state index in [4.69, 9.17) is 17.3 Å². The number of imidazole rings is 1. The second-order valence-corrected chi connectivity index (χ2v) is 5.17. The topological polar surface area (TPSA) is 59.4 Å². The van der Waals surface area contributed by atoms with Gasteiger partial charge < -0.3 is 15.2 Å². The van der Waals surface area contributed by atoms with E-state index in [1.807, 2.05) is 29.8 Å². The largest absolute Gasteiger partial charge is 0.370 e. The second kappa shape index (κ2) is 4.74. The number of nitrogens with zero attached hydrogens (tertiary/aromatic N) is 4. The van der Waals surface area contributed by atoms with E-state index in [0.29, 0.717) is 17.5 Å². The van der Waals surface area contributed by atoms with Gasteiger partial charge in [-0.1, -0.05) is 11.6 Å². The third-order valence-corrected chi connectivity index (χ3v) is 3.73. The van der Waals surface area contributed by atoms with Crippen LogP contribution in [0.5, 0.6) is 0 Å². The van der Waals surface area contributed by atoms with Crippen molar-refractivity contribution in [3.05, 3.63) is 29.0 Å². The SMILES string of the molecule is Cn1c(CN=C(N)N2CCC2)nc2cc(Cl)ccc21. The van der Waals surface area contributed by atoms with Crippen molar-refractivity contribution in [3.63, 3.8) is 0 Å². The molecule has 2 aromatic rings. The first-order valence-corrected chi connectivity index (χ1v) is 6.68. The molecule has 1 fully saturated rings. The van der Waals surface area contributed by atoms with Crippen LogP contribution in [0.4, 0.5) is 0 Å². The molecule has 0 aliphatic carbocycles. The summed E-state index contributed by atoms with van der Waals surface area (Å²) in [4.78, 5) is 11.0. The van der Waals surface area contributed by atoms with Crippen LogP contribution in [0.15, 0.2) is 23.2 Å². The van der Waals surface area contributed by atoms with Crippen molar-refractivity contribution in [2.24, 2.45) is 17.8 Å². The summed E-state index contributed by atoms with van der Waals surface area (Å²) in [7, 11) is 1.98. The zero-order chi connectivity index (χ0) is 13.4. The highest BCUT2D eigenvalue weighted by Gasteiger charge is 2.15. The van der Waals surface area contributed by atoms with Crippen molar-refractivity contribution >= 4 is 28.6 Å². The van der Waals surface area contributed by atoms with Crippen LogP contribution in [0.2, 0.25) is 5.02 Å². The fourth-order valence-corrected chi connectivity index (χ4v) is 2.33. The van der Waals surface area contributed by atoms with Gasteiger partial charge in [0, 0.05) is 25.2 Å². The Morgan fingerprint density at radius 1 is 1.47 bits per heavy atom. The molecular weight excluding hydrogens is 262 g/mol. The van der Waals surface area contributed by atoms with Crippen molar-refractivity contribution < 1.29 is 0 Å². The van der Waals surface area contributed by atoms with E-state index in [-0.39, 0.29) is 0 Å². The summed E-state index contributed by atoms with van der Waals surface area (Å²) in [5.74, 6) is 1.50. The molecule has 1 aliphatic rings. The first-order valence-electron chi connectivity index (χ1n) is 6.31. The highest BCUT2D eigenvalue weighted by Crippen LogP contribution is 2.20. The molecule has 0 amide bonds. The Morgan fingerprint density at radius 2 is 2.26 bits per heavy atom. The van der Waals surface area contributed by atoms with Gasteiger partial charge in [0.1, 0.15) is 12.4 Å². The van der Waals surface area contributed by atoms with E-state index in [1.54, 1.807) is 0 Å². The molecule has 1 saturated heterocycles. The summed E-state index contributed by atoms with van der Waals surface area (Å²) >= 11 is 5.97. The zero-order valence-corrected chi connectivity index (χ0v) is 11.6. The van der Waals surface area contributed by atoms with Crippen LogP contribution in [0.3, 0.4) is 0 Å². The lowest BCUT2D eigenvalue weighted by Gasteiger charge is -2.31. The zero-order valence-electron chi connectivity index (χ0n) is 10.8. The predicted molar refractivity (Wildman–Crippen MR) is 77.2 cm³/mol. The molecule has 1 aliphatic heterocycles. The van der Waals surface area contributed by atoms with Gasteiger partial charge in [-0.3, -0.25) is 0 Å². The van der Waals surface area contributed by atoms with Gasteiger partial charge in [0.25, 0.3) is 0 Å². The third-order valence-electron chi connectivity index (χ3n) is 3.50. The quantitative estimate of drug-likeness (QED) is 0.672. The van der Waals surface area contributed by atoms with E-state index >= 15 is 0 Å². The number of aromatic nitrogens is 2. The molecule has 0 spiro atoms. The molecule has 3 rings (SSSR count). The number of benzene rings is 1. The number of fused-ring (bicyclic) bond motifs is 1. The average molecular weight is 278 g/mol. The fraction of sp³-hybridized carbons (Fsp3) is 0.385. The van der Waals surface area contributed by atoms with Gasteiger partial charge in [0.05, 0.1) is 11.0 Å². The van der Waals surface area contributed by atoms with Gasteiger partial charge in [-0.15, -0.1) is 0 Å². The molecule has 5 nitrogen and oxygen atoms in total. The Hall–Kier alpha value is -1.75. The maximum absolute atomic E-state index is 5.97. The fourth-order valence-electron chi connectivity index (χ4n) is 2.16. The number of likely N-dealkylation sites (tertiary alicyclic amines) is 1. The maximum Gasteiger partial charge on any atom is 0.191 e. The smallest absolute Gasteiger partial charge is 0.191 e. The minimum Gasteiger partial charge on any atom is -0.370 e. The molecule has 1 aromatic carbocycles. The number of rotatable bonds is 2. The van der Waals surface area contributed by atoms with E-state index < -0.39 is 0 Å². The number of aliphatic imine (C=N–C) groups is 1. The number of halogens is 1. The molecule has 0 atom stereocenters. The normalized spacial score (nSPS) is 15.9. The Bertz CT molecular complexity index is 642. The van der Waals surface area contributed by atoms with Gasteiger partial charge >= 0.3 is 0 Å². The van der Waals surface area contributed by atoms with Crippen molar-refractivity contribution in [3.8, 4) is 0 Å². The van der Waals surface area contributed by atoms with Crippen LogP contribution in [0.1, 0.15) is 12.2 Å². The Labute approximate surface area is 116 Å². The minimum absolute atomic E-state index is 0.491. The van der Waals surface area contributed by atoms with E-state index in [9.17, 15) is 0 Å². The van der Waals surface area contributed by atoms with Crippen LogP contribution in [-0.2, 0) is 13.6 Å². The van der Waals surface area contributed by atoms with Gasteiger partial charge in [0.15, 0.2) is 5.96 Å². The first kappa shape index (κ1) is 12.3. The van der Waals surface area contributed by atoms with Crippen molar-refractivity contribution in [2.45, 2.75) is 13.0 Å². The van der Waals surface area contributed by atoms with Gasteiger partial charge in [0.2, 0.25) is 0 Å². The first-order chi connectivity index (χ1) is 9.15. The summed E-state index contributed by atoms with van der Waals surface area (Å²) in [5, 5.41) is 0.695. The van der Waals surface area contributed by atoms with Crippen LogP contribution in [0.25, 0.3) is 11.0 Å². The standard InChI is InChI=1S/C13H16ClN5/c1-18-11-4-3-9(14)7-10(11)17-12(18)8-16-13(15)19-5-2-6-19/h3-4,7H,2,5-6,8H2,1H3,(H2,15,16). The lowest BCUT2D eigenvalue weighted by atomic mass is 10.2. The molecular formula is C13H16ClN5. The number of nitrogens with two attached hydrogens (primary N) is 1. The van der Waals surface area contributed by atoms with E-state index in [0.717, 1.165) is 29.9 Å². The summed E-state index contributed by atoms with van der Waals surface area (Å²) < 4.78 is 2.03. The summed E-state index contributed by atoms with van der Waals surface area (Å²) in [6.07, 6.45) is 1.20. The Kier molecular flexibility index (Phi) is 3.06. The van der Waals surface area contributed by atoms with Crippen LogP contribution in [0, 0.1) is 0 Å². The highest BCUT2D eigenvalue weighted by atomic mass is 35.5. The van der Waals surface area contributed by atoms with Crippen molar-refractivity contribution in [1.82, 2.24) is 14.5 Å². The molecule has 2 N–H and O–H groups in total. The lowest BCUT2D eigenvalue weighted by Crippen LogP contribution is -2.46. The third kappa shape index (κ3) is 2.26. The Balaban J connectivity index is 1.86. The number of guanidine groups is 1. The monoisotopic (exact) mass is 277 g/mol. The maximum atomic E-state index is 5.97. The molecule has 100 valence electrons. The molecule has 0 bridgehead atoms. The molecule has 0 saturated carbocycles. The minimum atomic E-state index is 0.491. The molecule has 2 heterocycles. The van der Waals surface area contributed by atoms with E-state index in [1.165, 1.54) is 6.42 Å². The lowest BCUT2D eigenvalue weighted by molar-refractivity contribution is 0.295. The molecule has 6 heteroatoms. The summed E-state index contributed by atoms with van der Waals surface area (Å²) in [5.41, 5.74) is 7.86. The Morgan fingerprint density at radius 3 is 2.95 bits per heavy atom. The molecule has 0 unspecified atom stereocenters. The highest BCUT2D eigenvalue weighted by molar-refractivity contribution is 6.31.